The molecular formula is C26H24FN7O. The Morgan fingerprint density at radius 2 is 2.06 bits per heavy atom. The maximum atomic E-state index is 14.5. The largest absolute Gasteiger partial charge is 0.423 e. The van der Waals surface area contributed by atoms with Crippen LogP contribution in [0.15, 0.2) is 48.7 Å². The first-order valence-corrected chi connectivity index (χ1v) is 11.8. The first-order valence-electron chi connectivity index (χ1n) is 11.8. The number of halogens is 1. The molecular weight excluding hydrogens is 445 g/mol. The Morgan fingerprint density at radius 1 is 1.20 bits per heavy atom. The Kier molecular flexibility index (Phi) is 4.23. The summed E-state index contributed by atoms with van der Waals surface area (Å²) in [6, 6.07) is 13.3. The molecule has 176 valence electrons. The summed E-state index contributed by atoms with van der Waals surface area (Å²) < 4.78 is 20.6. The Labute approximate surface area is 200 Å². The van der Waals surface area contributed by atoms with Gasteiger partial charge in [0.2, 0.25) is 0 Å². The third-order valence-electron chi connectivity index (χ3n) is 7.46. The maximum Gasteiger partial charge on any atom is 0.326 e. The molecule has 35 heavy (non-hydrogen) atoms. The van der Waals surface area contributed by atoms with Gasteiger partial charge in [0.1, 0.15) is 23.0 Å². The number of aromatic nitrogens is 4. The van der Waals surface area contributed by atoms with Crippen LogP contribution in [0.3, 0.4) is 0 Å². The number of rotatable bonds is 4. The highest BCUT2D eigenvalue weighted by atomic mass is 19.1. The van der Waals surface area contributed by atoms with Crippen LogP contribution in [-0.2, 0) is 0 Å². The first-order chi connectivity index (χ1) is 17.0. The summed E-state index contributed by atoms with van der Waals surface area (Å²) in [6.45, 7) is 1.54. The molecule has 2 aliphatic rings. The molecule has 1 spiro atoms. The van der Waals surface area contributed by atoms with E-state index in [1.165, 1.54) is 6.07 Å². The fourth-order valence-electron chi connectivity index (χ4n) is 5.38. The van der Waals surface area contributed by atoms with Crippen molar-refractivity contribution in [2.75, 3.05) is 30.4 Å². The Hall–Kier alpha value is -3.98. The molecule has 0 amide bonds. The fourth-order valence-corrected chi connectivity index (χ4v) is 5.38. The van der Waals surface area contributed by atoms with Crippen LogP contribution in [0.1, 0.15) is 12.8 Å². The Balaban J connectivity index is 1.40. The lowest BCUT2D eigenvalue weighted by Crippen LogP contribution is -2.30. The van der Waals surface area contributed by atoms with Crippen LogP contribution in [0.4, 0.5) is 15.9 Å². The molecule has 0 bridgehead atoms. The zero-order chi connectivity index (χ0) is 23.7. The summed E-state index contributed by atoms with van der Waals surface area (Å²) in [4.78, 5) is 19.5. The quantitative estimate of drug-likeness (QED) is 0.354. The number of nitrogens with one attached hydrogen (secondary N) is 2. The number of nitrogens with zero attached hydrogens (tertiary/aromatic N) is 4. The van der Waals surface area contributed by atoms with Crippen molar-refractivity contribution >= 4 is 44.3 Å². The molecule has 1 aliphatic carbocycles. The molecule has 1 saturated carbocycles. The molecule has 4 heterocycles. The molecule has 2 fully saturated rings. The highest BCUT2D eigenvalue weighted by Gasteiger charge is 2.54. The lowest BCUT2D eigenvalue weighted by Gasteiger charge is -2.19. The third kappa shape index (κ3) is 3.11. The van der Waals surface area contributed by atoms with Crippen LogP contribution in [0, 0.1) is 11.2 Å². The van der Waals surface area contributed by atoms with Crippen LogP contribution in [0.5, 0.6) is 11.8 Å². The van der Waals surface area contributed by atoms with Crippen molar-refractivity contribution in [3.05, 3.63) is 54.5 Å². The van der Waals surface area contributed by atoms with Gasteiger partial charge >= 0.3 is 6.01 Å². The zero-order valence-electron chi connectivity index (χ0n) is 19.2. The number of fused-ring (bicyclic) bond motifs is 4. The van der Waals surface area contributed by atoms with E-state index in [1.54, 1.807) is 19.3 Å². The van der Waals surface area contributed by atoms with E-state index < -0.39 is 0 Å². The summed E-state index contributed by atoms with van der Waals surface area (Å²) in [5.41, 5.74) is 9.19. The van der Waals surface area contributed by atoms with E-state index >= 15 is 0 Å². The number of hydrogen-bond acceptors (Lipinski definition) is 7. The average molecular weight is 470 g/mol. The van der Waals surface area contributed by atoms with E-state index in [-0.39, 0.29) is 23.3 Å². The summed E-state index contributed by atoms with van der Waals surface area (Å²) >= 11 is 0. The maximum absolute atomic E-state index is 14.5. The number of H-pyrrole nitrogens is 1. The van der Waals surface area contributed by atoms with Crippen molar-refractivity contribution < 1.29 is 9.13 Å². The molecule has 8 nitrogen and oxygen atoms in total. The topological polar surface area (TPSA) is 105 Å². The molecule has 0 radical (unpaired) electrons. The number of ether oxygens (including phenoxy) is 1. The van der Waals surface area contributed by atoms with Crippen LogP contribution in [0.25, 0.3) is 32.8 Å². The number of nitrogens with two attached hydrogens (primary N) is 1. The highest BCUT2D eigenvalue weighted by molar-refractivity contribution is 6.14. The van der Waals surface area contributed by atoms with Crippen LogP contribution in [-0.4, -0.2) is 46.1 Å². The number of benzene rings is 2. The van der Waals surface area contributed by atoms with Gasteiger partial charge < -0.3 is 25.7 Å². The molecule has 1 atom stereocenters. The minimum absolute atomic E-state index is 0.0945. The first kappa shape index (κ1) is 20.4. The van der Waals surface area contributed by atoms with Crippen molar-refractivity contribution in [2.24, 2.45) is 11.1 Å². The number of pyridine rings is 1. The van der Waals surface area contributed by atoms with Gasteiger partial charge in [0.05, 0.1) is 28.3 Å². The second kappa shape index (κ2) is 7.26. The molecule has 9 heteroatoms. The van der Waals surface area contributed by atoms with E-state index in [9.17, 15) is 4.39 Å². The van der Waals surface area contributed by atoms with E-state index in [1.807, 2.05) is 30.3 Å². The number of anilines is 2. The van der Waals surface area contributed by atoms with Gasteiger partial charge in [-0.3, -0.25) is 4.98 Å². The fraction of sp³-hybridized carbons (Fsp3) is 0.269. The lowest BCUT2D eigenvalue weighted by molar-refractivity contribution is 0.443. The van der Waals surface area contributed by atoms with Crippen LogP contribution in [0.2, 0.25) is 0 Å². The second-order valence-electron chi connectivity index (χ2n) is 9.59. The second-order valence-corrected chi connectivity index (χ2v) is 9.59. The molecule has 0 unspecified atom stereocenters. The lowest BCUT2D eigenvalue weighted by atomic mass is 10.0. The summed E-state index contributed by atoms with van der Waals surface area (Å²) in [7, 11) is 1.70. The molecule has 2 aromatic carbocycles. The van der Waals surface area contributed by atoms with Crippen molar-refractivity contribution in [2.45, 2.75) is 18.9 Å². The monoisotopic (exact) mass is 469 g/mol. The predicted octanol–water partition coefficient (Wildman–Crippen LogP) is 4.56. The van der Waals surface area contributed by atoms with Crippen LogP contribution >= 0.6 is 0 Å². The number of aromatic amines is 1. The number of para-hydroxylation sites is 1. The van der Waals surface area contributed by atoms with E-state index in [2.05, 4.69) is 25.2 Å². The standard InChI is InChI=1S/C26H24FN7O/c1-29-22-17(27)7-6-16-20-23(31-21(16)22)32-25(33-24(20)34-12-19(28)26(13-34)8-9-26)35-15-10-14-4-2-3-5-18(14)30-11-15/h2-7,10-11,19,29H,8-9,12-13,28H2,1H3,(H,31,32,33)/t19-/m1/s1. The van der Waals surface area contributed by atoms with Gasteiger partial charge in [-0.25, -0.2) is 4.39 Å². The van der Waals surface area contributed by atoms with Gasteiger partial charge in [0, 0.05) is 42.4 Å². The van der Waals surface area contributed by atoms with Gasteiger partial charge in [-0.15, -0.1) is 0 Å². The van der Waals surface area contributed by atoms with Gasteiger partial charge in [-0.2, -0.15) is 9.97 Å². The van der Waals surface area contributed by atoms with Crippen molar-refractivity contribution in [1.29, 1.82) is 0 Å². The predicted molar refractivity (Wildman–Crippen MR) is 135 cm³/mol. The third-order valence-corrected chi connectivity index (χ3v) is 7.46. The summed E-state index contributed by atoms with van der Waals surface area (Å²) in [6.07, 6.45) is 3.93. The molecule has 1 saturated heterocycles. The summed E-state index contributed by atoms with van der Waals surface area (Å²) in [5, 5.41) is 5.62. The summed E-state index contributed by atoms with van der Waals surface area (Å²) in [5.74, 6) is 0.960. The molecule has 1 aliphatic heterocycles. The normalized spacial score (nSPS) is 18.7. The van der Waals surface area contributed by atoms with E-state index in [0.717, 1.165) is 46.9 Å². The molecule has 4 N–H and O–H groups in total. The van der Waals surface area contributed by atoms with Gasteiger partial charge in [0.15, 0.2) is 0 Å². The minimum Gasteiger partial charge on any atom is -0.423 e. The van der Waals surface area contributed by atoms with Crippen molar-refractivity contribution in [3.8, 4) is 11.8 Å². The molecule has 7 rings (SSSR count). The van der Waals surface area contributed by atoms with Gasteiger partial charge in [-0.1, -0.05) is 18.2 Å². The smallest absolute Gasteiger partial charge is 0.326 e. The Morgan fingerprint density at radius 3 is 2.86 bits per heavy atom. The van der Waals surface area contributed by atoms with Crippen LogP contribution < -0.4 is 20.7 Å². The van der Waals surface area contributed by atoms with E-state index in [0.29, 0.717) is 29.1 Å². The minimum atomic E-state index is -0.333. The van der Waals surface area contributed by atoms with E-state index in [4.69, 9.17) is 15.5 Å². The van der Waals surface area contributed by atoms with Gasteiger partial charge in [-0.05, 0) is 37.1 Å². The zero-order valence-corrected chi connectivity index (χ0v) is 19.2. The Bertz CT molecular complexity index is 1630. The van der Waals surface area contributed by atoms with Gasteiger partial charge in [0.25, 0.3) is 0 Å². The average Bonchev–Trinajstić information content (AvgIpc) is 3.45. The number of hydrogen-bond donors (Lipinski definition) is 3. The molecule has 5 aromatic rings. The SMILES string of the molecule is CNc1c(F)ccc2c1[nH]c1nc(Oc3cnc4ccccc4c3)nc(N3C[C@@H](N)C4(CC4)C3)c12. The molecule has 3 aromatic heterocycles. The van der Waals surface area contributed by atoms with Crippen molar-refractivity contribution in [3.63, 3.8) is 0 Å². The van der Waals surface area contributed by atoms with Crippen molar-refractivity contribution in [1.82, 2.24) is 19.9 Å². The highest BCUT2D eigenvalue weighted by Crippen LogP contribution is 2.53.